The van der Waals surface area contributed by atoms with Crippen molar-refractivity contribution in [3.05, 3.63) is 46.0 Å². The number of carbonyl (C=O) groups excluding carboxylic acids is 2. The van der Waals surface area contributed by atoms with Crippen LogP contribution in [0.3, 0.4) is 0 Å². The number of ketones is 1. The van der Waals surface area contributed by atoms with Gasteiger partial charge in [0, 0.05) is 11.3 Å². The molecule has 2 rings (SSSR count). The number of rotatable bonds is 5. The lowest BCUT2D eigenvalue weighted by Gasteiger charge is -2.16. The van der Waals surface area contributed by atoms with Gasteiger partial charge in [-0.3, -0.25) is 9.59 Å². The van der Waals surface area contributed by atoms with Crippen LogP contribution in [0.1, 0.15) is 47.5 Å². The van der Waals surface area contributed by atoms with Gasteiger partial charge in [-0.15, -0.1) is 11.3 Å². The molecule has 0 bridgehead atoms. The molecule has 0 saturated heterocycles. The van der Waals surface area contributed by atoms with Crippen LogP contribution >= 0.6 is 11.3 Å². The third-order valence-corrected chi connectivity index (χ3v) is 3.87. The van der Waals surface area contributed by atoms with Crippen LogP contribution in [-0.4, -0.2) is 11.7 Å². The van der Waals surface area contributed by atoms with Crippen LogP contribution in [0, 0.1) is 5.41 Å². The fourth-order valence-corrected chi connectivity index (χ4v) is 2.75. The van der Waals surface area contributed by atoms with Gasteiger partial charge in [0.05, 0.1) is 17.7 Å². The highest BCUT2D eigenvalue weighted by Gasteiger charge is 2.17. The van der Waals surface area contributed by atoms with Gasteiger partial charge in [-0.05, 0) is 29.7 Å². The first-order valence-corrected chi connectivity index (χ1v) is 7.60. The minimum absolute atomic E-state index is 0.0230. The van der Waals surface area contributed by atoms with E-state index in [1.165, 1.54) is 17.6 Å². The lowest BCUT2D eigenvalue weighted by atomic mass is 9.92. The van der Waals surface area contributed by atoms with E-state index in [-0.39, 0.29) is 17.1 Å². The topological polar surface area (TPSA) is 59.3 Å². The predicted octanol–water partition coefficient (Wildman–Crippen LogP) is 3.62. The Labute approximate surface area is 128 Å². The third-order valence-electron chi connectivity index (χ3n) is 2.78. The summed E-state index contributed by atoms with van der Waals surface area (Å²) in [6.07, 6.45) is 1.96. The average molecular weight is 305 g/mol. The Morgan fingerprint density at radius 2 is 2.00 bits per heavy atom. The maximum atomic E-state index is 12.1. The predicted molar refractivity (Wildman–Crippen MR) is 82.4 cm³/mol. The smallest absolute Gasteiger partial charge is 0.238 e. The Kier molecular flexibility index (Phi) is 4.63. The molecule has 0 atom stereocenters. The highest BCUT2D eigenvalue weighted by atomic mass is 32.1. The molecule has 0 aliphatic carbocycles. The number of carbonyl (C=O) groups is 2. The number of hydrogen-bond donors (Lipinski definition) is 1. The molecular formula is C16H19NO3S. The fraction of sp³-hybridized carbons (Fsp3) is 0.375. The van der Waals surface area contributed by atoms with E-state index in [0.717, 1.165) is 4.88 Å². The minimum atomic E-state index is -0.128. The number of thiophene rings is 1. The van der Waals surface area contributed by atoms with Gasteiger partial charge in [0.15, 0.2) is 5.76 Å². The highest BCUT2D eigenvalue weighted by Crippen LogP contribution is 2.21. The van der Waals surface area contributed by atoms with E-state index >= 15 is 0 Å². The molecular weight excluding hydrogens is 286 g/mol. The molecule has 0 fully saturated rings. The van der Waals surface area contributed by atoms with E-state index in [1.54, 1.807) is 18.2 Å². The Morgan fingerprint density at radius 3 is 2.62 bits per heavy atom. The van der Waals surface area contributed by atoms with Gasteiger partial charge in [-0.1, -0.05) is 20.8 Å². The van der Waals surface area contributed by atoms with Crippen molar-refractivity contribution in [2.75, 3.05) is 0 Å². The van der Waals surface area contributed by atoms with Crippen molar-refractivity contribution >= 4 is 23.0 Å². The summed E-state index contributed by atoms with van der Waals surface area (Å²) in [5.74, 6) is 0.229. The van der Waals surface area contributed by atoms with E-state index in [9.17, 15) is 9.59 Å². The van der Waals surface area contributed by atoms with Crippen LogP contribution in [0.25, 0.3) is 0 Å². The van der Waals surface area contributed by atoms with Crippen molar-refractivity contribution in [1.29, 1.82) is 0 Å². The Bertz CT molecular complexity index is 620. The van der Waals surface area contributed by atoms with Gasteiger partial charge >= 0.3 is 0 Å². The first-order chi connectivity index (χ1) is 9.85. The van der Waals surface area contributed by atoms with E-state index in [4.69, 9.17) is 4.42 Å². The molecule has 1 amide bonds. The van der Waals surface area contributed by atoms with Crippen molar-refractivity contribution in [1.82, 2.24) is 5.32 Å². The first kappa shape index (κ1) is 15.5. The standard InChI is InChI=1S/C16H19NO3S/c1-16(2,3)9-14(18)17-10-11-6-7-13(21-11)15(19)12-5-4-8-20-12/h4-8H,9-10H2,1-3H3,(H,17,18). The zero-order valence-electron chi connectivity index (χ0n) is 12.4. The van der Waals surface area contributed by atoms with Gasteiger partial charge in [-0.2, -0.15) is 0 Å². The second kappa shape index (κ2) is 6.26. The van der Waals surface area contributed by atoms with Gasteiger partial charge in [0.25, 0.3) is 0 Å². The van der Waals surface area contributed by atoms with Gasteiger partial charge < -0.3 is 9.73 Å². The molecule has 2 heterocycles. The van der Waals surface area contributed by atoms with Crippen molar-refractivity contribution < 1.29 is 14.0 Å². The van der Waals surface area contributed by atoms with Gasteiger partial charge in [0.1, 0.15) is 0 Å². The van der Waals surface area contributed by atoms with Crippen LogP contribution in [0.4, 0.5) is 0 Å². The van der Waals surface area contributed by atoms with Crippen LogP contribution < -0.4 is 5.32 Å². The molecule has 0 saturated carbocycles. The second-order valence-electron chi connectivity index (χ2n) is 6.09. The number of nitrogens with one attached hydrogen (secondary N) is 1. The molecule has 2 aromatic rings. The van der Waals surface area contributed by atoms with E-state index in [2.05, 4.69) is 5.32 Å². The molecule has 0 aliphatic heterocycles. The molecule has 4 nitrogen and oxygen atoms in total. The van der Waals surface area contributed by atoms with Crippen molar-refractivity contribution in [2.24, 2.45) is 5.41 Å². The summed E-state index contributed by atoms with van der Waals surface area (Å²) in [4.78, 5) is 25.4. The summed E-state index contributed by atoms with van der Waals surface area (Å²) in [7, 11) is 0. The normalized spacial score (nSPS) is 11.4. The average Bonchev–Trinajstić information content (AvgIpc) is 3.05. The van der Waals surface area contributed by atoms with Crippen molar-refractivity contribution in [2.45, 2.75) is 33.7 Å². The van der Waals surface area contributed by atoms with Gasteiger partial charge in [-0.25, -0.2) is 0 Å². The summed E-state index contributed by atoms with van der Waals surface area (Å²) in [6.45, 7) is 6.53. The monoisotopic (exact) mass is 305 g/mol. The van der Waals surface area contributed by atoms with E-state index < -0.39 is 0 Å². The Balaban J connectivity index is 1.92. The molecule has 1 N–H and O–H groups in total. The van der Waals surface area contributed by atoms with Gasteiger partial charge in [0.2, 0.25) is 11.7 Å². The maximum Gasteiger partial charge on any atom is 0.238 e. The molecule has 5 heteroatoms. The summed E-state index contributed by atoms with van der Waals surface area (Å²) < 4.78 is 5.10. The van der Waals surface area contributed by atoms with Crippen LogP contribution in [0.2, 0.25) is 0 Å². The molecule has 0 spiro atoms. The minimum Gasteiger partial charge on any atom is -0.461 e. The SMILES string of the molecule is CC(C)(C)CC(=O)NCc1ccc(C(=O)c2ccco2)s1. The van der Waals surface area contributed by atoms with E-state index in [1.807, 2.05) is 26.8 Å². The highest BCUT2D eigenvalue weighted by molar-refractivity contribution is 7.14. The third kappa shape index (κ3) is 4.56. The quantitative estimate of drug-likeness (QED) is 0.858. The Hall–Kier alpha value is -1.88. The van der Waals surface area contributed by atoms with Crippen LogP contribution in [-0.2, 0) is 11.3 Å². The largest absolute Gasteiger partial charge is 0.461 e. The molecule has 0 radical (unpaired) electrons. The number of hydrogen-bond acceptors (Lipinski definition) is 4. The zero-order valence-corrected chi connectivity index (χ0v) is 13.3. The van der Waals surface area contributed by atoms with Crippen molar-refractivity contribution in [3.8, 4) is 0 Å². The lowest BCUT2D eigenvalue weighted by Crippen LogP contribution is -2.26. The van der Waals surface area contributed by atoms with Crippen LogP contribution in [0.15, 0.2) is 34.9 Å². The molecule has 21 heavy (non-hydrogen) atoms. The maximum absolute atomic E-state index is 12.1. The lowest BCUT2D eigenvalue weighted by molar-refractivity contribution is -0.122. The molecule has 0 aromatic carbocycles. The molecule has 0 aliphatic rings. The summed E-state index contributed by atoms with van der Waals surface area (Å²) >= 11 is 1.37. The summed E-state index contributed by atoms with van der Waals surface area (Å²) in [5, 5.41) is 2.88. The zero-order chi connectivity index (χ0) is 15.5. The van der Waals surface area contributed by atoms with Crippen LogP contribution in [0.5, 0.6) is 0 Å². The van der Waals surface area contributed by atoms with E-state index in [0.29, 0.717) is 23.6 Å². The molecule has 0 unspecified atom stereocenters. The number of furan rings is 1. The summed E-state index contributed by atoms with van der Waals surface area (Å²) in [5.41, 5.74) is -0.0278. The summed E-state index contributed by atoms with van der Waals surface area (Å²) in [6, 6.07) is 6.96. The Morgan fingerprint density at radius 1 is 1.24 bits per heavy atom. The fourth-order valence-electron chi connectivity index (χ4n) is 1.85. The molecule has 112 valence electrons. The number of amides is 1. The first-order valence-electron chi connectivity index (χ1n) is 6.79. The second-order valence-corrected chi connectivity index (χ2v) is 7.25. The van der Waals surface area contributed by atoms with Crippen molar-refractivity contribution in [3.63, 3.8) is 0 Å². The molecule has 2 aromatic heterocycles.